The van der Waals surface area contributed by atoms with Gasteiger partial charge in [-0.05, 0) is 53.8 Å². The van der Waals surface area contributed by atoms with E-state index in [-0.39, 0.29) is 21.9 Å². The van der Waals surface area contributed by atoms with Crippen LogP contribution >= 0.6 is 11.3 Å². The number of carbonyl (C=O) groups excluding carboxylic acids is 1. The lowest BCUT2D eigenvalue weighted by Gasteiger charge is -2.16. The lowest BCUT2D eigenvalue weighted by molar-refractivity contribution is -0.145. The highest BCUT2D eigenvalue weighted by molar-refractivity contribution is 7.94. The van der Waals surface area contributed by atoms with Crippen LogP contribution in [0, 0.1) is 6.92 Å². The second-order valence-corrected chi connectivity index (χ2v) is 11.2. The Labute approximate surface area is 223 Å². The number of aliphatic carboxylic acids is 1. The predicted molar refractivity (Wildman–Crippen MR) is 148 cm³/mol. The Morgan fingerprint density at radius 3 is 2.61 bits per heavy atom. The quantitative estimate of drug-likeness (QED) is 0.187. The van der Waals surface area contributed by atoms with Gasteiger partial charge in [0.25, 0.3) is 15.9 Å². The van der Waals surface area contributed by atoms with Gasteiger partial charge in [-0.3, -0.25) is 9.52 Å². The summed E-state index contributed by atoms with van der Waals surface area (Å²) >= 11 is 1.06. The first-order chi connectivity index (χ1) is 18.2. The molecule has 1 amide bonds. The van der Waals surface area contributed by atoms with E-state index < -0.39 is 28.0 Å². The molecule has 1 aromatic heterocycles. The molecule has 1 atom stereocenters. The molecule has 9 nitrogen and oxygen atoms in total. The predicted octanol–water partition coefficient (Wildman–Crippen LogP) is 5.02. The molecule has 0 radical (unpaired) electrons. The Balaban J connectivity index is 1.63. The maximum absolute atomic E-state index is 13.1. The van der Waals surface area contributed by atoms with Crippen molar-refractivity contribution >= 4 is 55.9 Å². The van der Waals surface area contributed by atoms with Crippen molar-refractivity contribution in [1.29, 1.82) is 0 Å². The number of hydrogen-bond acceptors (Lipinski definition) is 7. The van der Waals surface area contributed by atoms with Crippen LogP contribution < -0.4 is 14.9 Å². The van der Waals surface area contributed by atoms with Crippen molar-refractivity contribution in [3.05, 3.63) is 88.8 Å². The molecule has 1 heterocycles. The first kappa shape index (κ1) is 26.8. The number of sulfonamides is 1. The van der Waals surface area contributed by atoms with E-state index >= 15 is 0 Å². The zero-order valence-electron chi connectivity index (χ0n) is 20.5. The number of nitrogens with one attached hydrogen (secondary N) is 2. The van der Waals surface area contributed by atoms with Crippen LogP contribution in [0.1, 0.15) is 34.8 Å². The summed E-state index contributed by atoms with van der Waals surface area (Å²) < 4.78 is 33.8. The van der Waals surface area contributed by atoms with Gasteiger partial charge in [-0.15, -0.1) is 11.3 Å². The lowest BCUT2D eigenvalue weighted by Crippen LogP contribution is -2.26. The third-order valence-corrected chi connectivity index (χ3v) is 8.39. The number of carboxylic acids is 1. The molecular formula is C27H25N3O6S2. The van der Waals surface area contributed by atoms with E-state index in [1.165, 1.54) is 18.3 Å². The summed E-state index contributed by atoms with van der Waals surface area (Å²) in [4.78, 5) is 24.6. The van der Waals surface area contributed by atoms with Gasteiger partial charge in [-0.25, -0.2) is 18.6 Å². The van der Waals surface area contributed by atoms with Crippen LogP contribution in [0.25, 0.3) is 10.8 Å². The summed E-state index contributed by atoms with van der Waals surface area (Å²) in [5.41, 5.74) is 3.89. The summed E-state index contributed by atoms with van der Waals surface area (Å²) in [5.74, 6) is -1.42. The number of hydrazone groups is 1. The van der Waals surface area contributed by atoms with Crippen LogP contribution in [-0.2, 0) is 14.8 Å². The molecule has 0 fully saturated rings. The summed E-state index contributed by atoms with van der Waals surface area (Å²) in [6.07, 6.45) is 0.590. The van der Waals surface area contributed by atoms with Gasteiger partial charge in [0.2, 0.25) is 0 Å². The number of ether oxygens (including phenoxy) is 1. The highest BCUT2D eigenvalue weighted by Gasteiger charge is 2.21. The zero-order chi connectivity index (χ0) is 27.3. The van der Waals surface area contributed by atoms with E-state index in [0.717, 1.165) is 27.7 Å². The molecule has 11 heteroatoms. The molecule has 3 N–H and O–H groups in total. The van der Waals surface area contributed by atoms with E-state index in [2.05, 4.69) is 15.2 Å². The summed E-state index contributed by atoms with van der Waals surface area (Å²) in [5, 5.41) is 16.8. The van der Waals surface area contributed by atoms with Gasteiger partial charge < -0.3 is 9.84 Å². The second-order valence-electron chi connectivity index (χ2n) is 8.34. The van der Waals surface area contributed by atoms with E-state index in [1.807, 2.05) is 30.3 Å². The number of carbonyl (C=O) groups is 2. The molecule has 0 aliphatic heterocycles. The Morgan fingerprint density at radius 1 is 1.11 bits per heavy atom. The SMILES string of the molecule is CCC(Oc1ccc2ccccc2c1/C=N\NC(=O)c1cc(C)ccc1NS(=O)(=O)c1cccs1)C(=O)O. The fourth-order valence-electron chi connectivity index (χ4n) is 3.74. The molecule has 4 rings (SSSR count). The van der Waals surface area contributed by atoms with E-state index in [0.29, 0.717) is 11.3 Å². The van der Waals surface area contributed by atoms with E-state index in [1.54, 1.807) is 43.5 Å². The molecule has 196 valence electrons. The normalized spacial score (nSPS) is 12.4. The number of carboxylic acid groups (broad SMARTS) is 1. The molecule has 0 aliphatic rings. The molecule has 0 saturated heterocycles. The van der Waals surface area contributed by atoms with Gasteiger partial charge >= 0.3 is 5.97 Å². The van der Waals surface area contributed by atoms with Crippen molar-refractivity contribution in [2.45, 2.75) is 30.6 Å². The maximum Gasteiger partial charge on any atom is 0.344 e. The van der Waals surface area contributed by atoms with Gasteiger partial charge in [-0.1, -0.05) is 55.0 Å². The van der Waals surface area contributed by atoms with Gasteiger partial charge in [0, 0.05) is 5.56 Å². The molecular weight excluding hydrogens is 526 g/mol. The third-order valence-electron chi connectivity index (χ3n) is 5.63. The molecule has 0 aliphatic carbocycles. The van der Waals surface area contributed by atoms with E-state index in [9.17, 15) is 23.1 Å². The average molecular weight is 552 g/mol. The molecule has 0 bridgehead atoms. The van der Waals surface area contributed by atoms with Crippen molar-refractivity contribution in [3.63, 3.8) is 0 Å². The fraction of sp³-hybridized carbons (Fsp3) is 0.148. The Hall–Kier alpha value is -4.22. The van der Waals surface area contributed by atoms with Crippen molar-refractivity contribution in [3.8, 4) is 5.75 Å². The number of nitrogens with zero attached hydrogens (tertiary/aromatic N) is 1. The second kappa shape index (κ2) is 11.4. The smallest absolute Gasteiger partial charge is 0.344 e. The van der Waals surface area contributed by atoms with Crippen molar-refractivity contribution in [2.24, 2.45) is 5.10 Å². The van der Waals surface area contributed by atoms with Crippen LogP contribution in [0.2, 0.25) is 0 Å². The number of benzene rings is 3. The minimum absolute atomic E-state index is 0.0913. The van der Waals surface area contributed by atoms with E-state index in [4.69, 9.17) is 4.74 Å². The van der Waals surface area contributed by atoms with Crippen molar-refractivity contribution in [1.82, 2.24) is 5.43 Å². The van der Waals surface area contributed by atoms with Crippen molar-refractivity contribution in [2.75, 3.05) is 4.72 Å². The summed E-state index contributed by atoms with van der Waals surface area (Å²) in [6.45, 7) is 3.49. The van der Waals surface area contributed by atoms with Crippen molar-refractivity contribution < 1.29 is 27.9 Å². The fourth-order valence-corrected chi connectivity index (χ4v) is 5.81. The standard InChI is InChI=1S/C27H25N3O6S2/c1-3-23(27(32)33)36-24-13-11-18-7-4-5-8-19(18)21(24)16-28-29-26(31)20-15-17(2)10-12-22(20)30-38(34,35)25-9-6-14-37-25/h4-16,23,30H,3H2,1-2H3,(H,29,31)(H,32,33)/b28-16-. The van der Waals surface area contributed by atoms with Gasteiger partial charge in [-0.2, -0.15) is 5.10 Å². The maximum atomic E-state index is 13.1. The molecule has 0 saturated carbocycles. The van der Waals surface area contributed by atoms with Crippen LogP contribution in [0.5, 0.6) is 5.75 Å². The Bertz CT molecular complexity index is 1620. The number of rotatable bonds is 10. The van der Waals surface area contributed by atoms with Gasteiger partial charge in [0.05, 0.1) is 17.5 Å². The number of thiophene rings is 1. The number of aryl methyl sites for hydroxylation is 1. The first-order valence-electron chi connectivity index (χ1n) is 11.6. The zero-order valence-corrected chi connectivity index (χ0v) is 22.2. The molecule has 3 aromatic carbocycles. The van der Waals surface area contributed by atoms with Gasteiger partial charge in [0.15, 0.2) is 6.10 Å². The number of amides is 1. The van der Waals surface area contributed by atoms with Crippen LogP contribution in [0.15, 0.2) is 81.4 Å². The summed E-state index contributed by atoms with van der Waals surface area (Å²) in [7, 11) is -3.87. The minimum atomic E-state index is -3.87. The highest BCUT2D eigenvalue weighted by Crippen LogP contribution is 2.28. The molecule has 38 heavy (non-hydrogen) atoms. The monoisotopic (exact) mass is 551 g/mol. The number of anilines is 1. The highest BCUT2D eigenvalue weighted by atomic mass is 32.2. The average Bonchev–Trinajstić information content (AvgIpc) is 3.45. The topological polar surface area (TPSA) is 134 Å². The number of fused-ring (bicyclic) bond motifs is 1. The van der Waals surface area contributed by atoms with Crippen LogP contribution in [0.4, 0.5) is 5.69 Å². The number of hydrogen-bond donors (Lipinski definition) is 3. The largest absolute Gasteiger partial charge is 0.479 e. The Morgan fingerprint density at radius 2 is 1.89 bits per heavy atom. The lowest BCUT2D eigenvalue weighted by atomic mass is 10.0. The minimum Gasteiger partial charge on any atom is -0.479 e. The Kier molecular flexibility index (Phi) is 8.08. The summed E-state index contributed by atoms with van der Waals surface area (Å²) in [6, 6.07) is 18.8. The van der Waals surface area contributed by atoms with Crippen LogP contribution in [0.3, 0.4) is 0 Å². The first-order valence-corrected chi connectivity index (χ1v) is 14.0. The van der Waals surface area contributed by atoms with Gasteiger partial charge in [0.1, 0.15) is 9.96 Å². The molecule has 4 aromatic rings. The molecule has 0 spiro atoms. The van der Waals surface area contributed by atoms with Crippen LogP contribution in [-0.4, -0.2) is 37.7 Å². The molecule has 1 unspecified atom stereocenters. The third kappa shape index (κ3) is 6.01.